The van der Waals surface area contributed by atoms with Gasteiger partial charge in [0.1, 0.15) is 5.82 Å². The number of nitrogens with one attached hydrogen (secondary N) is 2. The van der Waals surface area contributed by atoms with Crippen molar-refractivity contribution in [1.29, 1.82) is 0 Å². The molecule has 104 valence electrons. The average molecular weight is 275 g/mol. The molecule has 5 nitrogen and oxygen atoms in total. The van der Waals surface area contributed by atoms with Crippen LogP contribution in [0.5, 0.6) is 0 Å². The minimum absolute atomic E-state index is 0.0352. The molecule has 0 bridgehead atoms. The van der Waals surface area contributed by atoms with Crippen LogP contribution in [0.2, 0.25) is 0 Å². The van der Waals surface area contributed by atoms with E-state index < -0.39 is 4.92 Å². The first-order chi connectivity index (χ1) is 9.49. The van der Waals surface area contributed by atoms with E-state index in [9.17, 15) is 14.5 Å². The molecule has 0 aliphatic carbocycles. The Morgan fingerprint density at radius 3 is 2.40 bits per heavy atom. The third kappa shape index (κ3) is 3.03. The molecule has 2 N–H and O–H groups in total. The van der Waals surface area contributed by atoms with Crippen LogP contribution in [0.25, 0.3) is 0 Å². The van der Waals surface area contributed by atoms with Crippen LogP contribution in [0.4, 0.5) is 27.1 Å². The SMILES string of the molecule is CNc1cc(Nc2ccc(C)c(F)c2)cc([N+](=O)[O-])c1. The zero-order chi connectivity index (χ0) is 14.7. The molecule has 0 spiro atoms. The number of nitrogens with zero attached hydrogens (tertiary/aromatic N) is 1. The summed E-state index contributed by atoms with van der Waals surface area (Å²) in [5, 5.41) is 16.7. The predicted octanol–water partition coefficient (Wildman–Crippen LogP) is 3.83. The number of aryl methyl sites for hydroxylation is 1. The number of non-ortho nitro benzene ring substituents is 1. The summed E-state index contributed by atoms with van der Waals surface area (Å²) in [5.74, 6) is -0.325. The summed E-state index contributed by atoms with van der Waals surface area (Å²) < 4.78 is 13.5. The lowest BCUT2D eigenvalue weighted by molar-refractivity contribution is -0.384. The molecule has 20 heavy (non-hydrogen) atoms. The molecule has 0 atom stereocenters. The highest BCUT2D eigenvalue weighted by Crippen LogP contribution is 2.27. The van der Waals surface area contributed by atoms with Crippen molar-refractivity contribution in [3.8, 4) is 0 Å². The standard InChI is InChI=1S/C14H14FN3O2/c1-9-3-4-10(8-14(9)15)17-12-5-11(16-2)6-13(7-12)18(19)20/h3-8,16-17H,1-2H3. The van der Waals surface area contributed by atoms with Gasteiger partial charge in [-0.2, -0.15) is 0 Å². The Kier molecular flexibility index (Phi) is 3.84. The minimum Gasteiger partial charge on any atom is -0.388 e. The number of nitro benzene ring substituents is 1. The number of hydrogen-bond donors (Lipinski definition) is 2. The molecule has 0 aromatic heterocycles. The molecular formula is C14H14FN3O2. The van der Waals surface area contributed by atoms with Crippen LogP contribution in [-0.4, -0.2) is 12.0 Å². The predicted molar refractivity (Wildman–Crippen MR) is 77.1 cm³/mol. The van der Waals surface area contributed by atoms with Crippen LogP contribution in [0, 0.1) is 22.9 Å². The summed E-state index contributed by atoms with van der Waals surface area (Å²) in [4.78, 5) is 10.4. The molecule has 2 aromatic carbocycles. The molecule has 2 aromatic rings. The van der Waals surface area contributed by atoms with Crippen LogP contribution in [-0.2, 0) is 0 Å². The largest absolute Gasteiger partial charge is 0.388 e. The molecule has 0 amide bonds. The van der Waals surface area contributed by atoms with Crippen molar-refractivity contribution in [2.75, 3.05) is 17.7 Å². The topological polar surface area (TPSA) is 67.2 Å². The fourth-order valence-electron chi connectivity index (χ4n) is 1.77. The number of hydrogen-bond acceptors (Lipinski definition) is 4. The molecule has 0 saturated carbocycles. The van der Waals surface area contributed by atoms with Gasteiger partial charge in [-0.15, -0.1) is 0 Å². The number of benzene rings is 2. The van der Waals surface area contributed by atoms with Crippen molar-refractivity contribution < 1.29 is 9.31 Å². The maximum absolute atomic E-state index is 13.5. The van der Waals surface area contributed by atoms with Gasteiger partial charge in [0.2, 0.25) is 0 Å². The summed E-state index contributed by atoms with van der Waals surface area (Å²) in [6.45, 7) is 1.67. The normalized spacial score (nSPS) is 10.2. The Hall–Kier alpha value is -2.63. The lowest BCUT2D eigenvalue weighted by Crippen LogP contribution is -1.97. The first kappa shape index (κ1) is 13.8. The lowest BCUT2D eigenvalue weighted by atomic mass is 10.2. The smallest absolute Gasteiger partial charge is 0.273 e. The van der Waals surface area contributed by atoms with Gasteiger partial charge in [0.15, 0.2) is 0 Å². The van der Waals surface area contributed by atoms with Gasteiger partial charge >= 0.3 is 0 Å². The van der Waals surface area contributed by atoms with Gasteiger partial charge in [-0.3, -0.25) is 10.1 Å². The van der Waals surface area contributed by atoms with Gasteiger partial charge in [0.05, 0.1) is 4.92 Å². The molecule has 0 heterocycles. The molecule has 0 aliphatic rings. The summed E-state index contributed by atoms with van der Waals surface area (Å²) in [6.07, 6.45) is 0. The van der Waals surface area contributed by atoms with E-state index in [1.165, 1.54) is 18.2 Å². The molecule has 0 aliphatic heterocycles. The van der Waals surface area contributed by atoms with Crippen LogP contribution < -0.4 is 10.6 Å². The molecule has 6 heteroatoms. The van der Waals surface area contributed by atoms with E-state index in [0.717, 1.165) is 0 Å². The second-order valence-electron chi connectivity index (χ2n) is 4.36. The fourth-order valence-corrected chi connectivity index (χ4v) is 1.77. The second-order valence-corrected chi connectivity index (χ2v) is 4.36. The first-order valence-electron chi connectivity index (χ1n) is 6.00. The van der Waals surface area contributed by atoms with Gasteiger partial charge in [-0.05, 0) is 30.7 Å². The number of nitro groups is 1. The maximum Gasteiger partial charge on any atom is 0.273 e. The van der Waals surface area contributed by atoms with E-state index >= 15 is 0 Å². The highest BCUT2D eigenvalue weighted by Gasteiger charge is 2.10. The third-order valence-corrected chi connectivity index (χ3v) is 2.88. The molecule has 2 rings (SSSR count). The molecule has 0 fully saturated rings. The van der Waals surface area contributed by atoms with E-state index in [1.807, 2.05) is 0 Å². The zero-order valence-corrected chi connectivity index (χ0v) is 11.1. The highest BCUT2D eigenvalue weighted by molar-refractivity contribution is 5.68. The monoisotopic (exact) mass is 275 g/mol. The van der Waals surface area contributed by atoms with E-state index in [2.05, 4.69) is 10.6 Å². The Balaban J connectivity index is 2.34. The second kappa shape index (κ2) is 5.56. The van der Waals surface area contributed by atoms with Gasteiger partial charge in [-0.25, -0.2) is 4.39 Å². The molecule has 0 unspecified atom stereocenters. The average Bonchev–Trinajstić information content (AvgIpc) is 2.42. The van der Waals surface area contributed by atoms with E-state index in [-0.39, 0.29) is 11.5 Å². The first-order valence-corrected chi connectivity index (χ1v) is 6.00. The van der Waals surface area contributed by atoms with Crippen molar-refractivity contribution in [2.24, 2.45) is 0 Å². The van der Waals surface area contributed by atoms with Crippen LogP contribution >= 0.6 is 0 Å². The van der Waals surface area contributed by atoms with Crippen molar-refractivity contribution in [2.45, 2.75) is 6.92 Å². The van der Waals surface area contributed by atoms with Gasteiger partial charge in [-0.1, -0.05) is 6.07 Å². The minimum atomic E-state index is -0.470. The van der Waals surface area contributed by atoms with Crippen molar-refractivity contribution in [1.82, 2.24) is 0 Å². The van der Waals surface area contributed by atoms with Gasteiger partial charge < -0.3 is 10.6 Å². The Labute approximate surface area is 115 Å². The number of halogens is 1. The zero-order valence-electron chi connectivity index (χ0n) is 11.1. The highest BCUT2D eigenvalue weighted by atomic mass is 19.1. The van der Waals surface area contributed by atoms with Crippen molar-refractivity contribution >= 4 is 22.7 Å². The number of anilines is 3. The summed E-state index contributed by atoms with van der Waals surface area (Å²) >= 11 is 0. The Morgan fingerprint density at radius 1 is 1.10 bits per heavy atom. The van der Waals surface area contributed by atoms with Crippen molar-refractivity contribution in [3.63, 3.8) is 0 Å². The molecule has 0 radical (unpaired) electrons. The quantitative estimate of drug-likeness (QED) is 0.657. The molecular weight excluding hydrogens is 261 g/mol. The van der Waals surface area contributed by atoms with Gasteiger partial charge in [0, 0.05) is 36.2 Å². The summed E-state index contributed by atoms with van der Waals surface area (Å²) in [5.41, 5.74) is 2.18. The summed E-state index contributed by atoms with van der Waals surface area (Å²) in [6, 6.07) is 9.27. The van der Waals surface area contributed by atoms with E-state index in [1.54, 1.807) is 32.2 Å². The lowest BCUT2D eigenvalue weighted by Gasteiger charge is -2.09. The molecule has 0 saturated heterocycles. The van der Waals surface area contributed by atoms with Crippen LogP contribution in [0.3, 0.4) is 0 Å². The van der Waals surface area contributed by atoms with Crippen LogP contribution in [0.1, 0.15) is 5.56 Å². The van der Waals surface area contributed by atoms with Gasteiger partial charge in [0.25, 0.3) is 5.69 Å². The fraction of sp³-hybridized carbons (Fsp3) is 0.143. The number of rotatable bonds is 4. The van der Waals surface area contributed by atoms with E-state index in [0.29, 0.717) is 22.6 Å². The maximum atomic E-state index is 13.5. The van der Waals surface area contributed by atoms with Crippen molar-refractivity contribution in [3.05, 3.63) is 57.9 Å². The Bertz CT molecular complexity index is 659. The third-order valence-electron chi connectivity index (χ3n) is 2.88. The van der Waals surface area contributed by atoms with E-state index in [4.69, 9.17) is 0 Å². The van der Waals surface area contributed by atoms with Crippen LogP contribution in [0.15, 0.2) is 36.4 Å². The Morgan fingerprint density at radius 2 is 1.80 bits per heavy atom. The summed E-state index contributed by atoms with van der Waals surface area (Å²) in [7, 11) is 1.67.